The van der Waals surface area contributed by atoms with E-state index in [9.17, 15) is 0 Å². The Morgan fingerprint density at radius 3 is 2.94 bits per heavy atom. The average molecular weight is 228 g/mol. The monoisotopic (exact) mass is 228 g/mol. The van der Waals surface area contributed by atoms with Crippen molar-refractivity contribution in [3.63, 3.8) is 0 Å². The molecule has 3 N–H and O–H groups in total. The molecule has 3 heteroatoms. The Morgan fingerprint density at radius 2 is 2.12 bits per heavy atom. The first-order chi connectivity index (χ1) is 7.84. The molecule has 2 nitrogen and oxygen atoms in total. The molecule has 0 spiro atoms. The summed E-state index contributed by atoms with van der Waals surface area (Å²) in [5.41, 5.74) is 8.54. The first-order valence-electron chi connectivity index (χ1n) is 5.20. The molecule has 0 amide bonds. The smallest absolute Gasteiger partial charge is 0.0646 e. The molecule has 2 heterocycles. The van der Waals surface area contributed by atoms with Crippen LogP contribution in [0.4, 0.5) is 0 Å². The third kappa shape index (κ3) is 1.54. The van der Waals surface area contributed by atoms with E-state index in [1.54, 1.807) is 11.3 Å². The Hall–Kier alpha value is -1.58. The molecule has 0 bridgehead atoms. The Morgan fingerprint density at radius 1 is 1.19 bits per heavy atom. The summed E-state index contributed by atoms with van der Waals surface area (Å²) in [6, 6.07) is 12.5. The van der Waals surface area contributed by atoms with Gasteiger partial charge < -0.3 is 10.7 Å². The number of fused-ring (bicyclic) bond motifs is 1. The molecule has 3 aromatic rings. The lowest BCUT2D eigenvalue weighted by Crippen LogP contribution is -2.09. The van der Waals surface area contributed by atoms with Gasteiger partial charge in [0, 0.05) is 16.6 Å². The molecule has 0 saturated heterocycles. The maximum atomic E-state index is 6.22. The molecule has 0 unspecified atom stereocenters. The number of thiophene rings is 1. The highest BCUT2D eigenvalue weighted by atomic mass is 32.1. The lowest BCUT2D eigenvalue weighted by Gasteiger charge is -2.09. The number of hydrogen-bond donors (Lipinski definition) is 2. The van der Waals surface area contributed by atoms with Crippen LogP contribution < -0.4 is 5.73 Å². The van der Waals surface area contributed by atoms with E-state index in [1.807, 2.05) is 12.3 Å². The van der Waals surface area contributed by atoms with Gasteiger partial charge in [0.1, 0.15) is 0 Å². The average Bonchev–Trinajstić information content (AvgIpc) is 2.98. The Labute approximate surface area is 97.7 Å². The minimum atomic E-state index is -0.0145. The van der Waals surface area contributed by atoms with Crippen LogP contribution in [0.2, 0.25) is 0 Å². The quantitative estimate of drug-likeness (QED) is 0.694. The SMILES string of the molecule is N[C@@H](c1ccc2[nH]ccc2c1)c1cccs1. The van der Waals surface area contributed by atoms with Crippen LogP contribution in [0.1, 0.15) is 16.5 Å². The highest BCUT2D eigenvalue weighted by Gasteiger charge is 2.10. The molecule has 16 heavy (non-hydrogen) atoms. The van der Waals surface area contributed by atoms with Gasteiger partial charge in [-0.2, -0.15) is 0 Å². The van der Waals surface area contributed by atoms with Crippen molar-refractivity contribution in [2.24, 2.45) is 5.73 Å². The van der Waals surface area contributed by atoms with Crippen LogP contribution in [0.3, 0.4) is 0 Å². The second-order valence-electron chi connectivity index (χ2n) is 3.82. The van der Waals surface area contributed by atoms with Crippen molar-refractivity contribution in [2.45, 2.75) is 6.04 Å². The van der Waals surface area contributed by atoms with Gasteiger partial charge in [-0.05, 0) is 40.6 Å². The fraction of sp³-hybridized carbons (Fsp3) is 0.0769. The first kappa shape index (κ1) is 9.63. The number of nitrogens with two attached hydrogens (primary N) is 1. The summed E-state index contributed by atoms with van der Waals surface area (Å²) in [5.74, 6) is 0. The van der Waals surface area contributed by atoms with E-state index in [4.69, 9.17) is 5.73 Å². The first-order valence-corrected chi connectivity index (χ1v) is 6.08. The molecular formula is C13H12N2S. The summed E-state index contributed by atoms with van der Waals surface area (Å²) >= 11 is 1.70. The van der Waals surface area contributed by atoms with Gasteiger partial charge in [-0.25, -0.2) is 0 Å². The molecular weight excluding hydrogens is 216 g/mol. The molecule has 0 radical (unpaired) electrons. The second-order valence-corrected chi connectivity index (χ2v) is 4.80. The lowest BCUT2D eigenvalue weighted by atomic mass is 10.0. The minimum absolute atomic E-state index is 0.0145. The van der Waals surface area contributed by atoms with Gasteiger partial charge in [0.25, 0.3) is 0 Å². The fourth-order valence-corrected chi connectivity index (χ4v) is 2.65. The van der Waals surface area contributed by atoms with Crippen LogP contribution in [0.15, 0.2) is 48.0 Å². The molecule has 0 aliphatic heterocycles. The third-order valence-electron chi connectivity index (χ3n) is 2.79. The van der Waals surface area contributed by atoms with Crippen LogP contribution in [0.25, 0.3) is 10.9 Å². The molecule has 2 aromatic heterocycles. The number of benzene rings is 1. The Bertz CT molecular complexity index is 595. The van der Waals surface area contributed by atoms with Crippen molar-refractivity contribution in [1.82, 2.24) is 4.98 Å². The van der Waals surface area contributed by atoms with E-state index in [0.717, 1.165) is 11.1 Å². The van der Waals surface area contributed by atoms with Crippen LogP contribution in [-0.2, 0) is 0 Å². The van der Waals surface area contributed by atoms with Gasteiger partial charge in [0.2, 0.25) is 0 Å². The van der Waals surface area contributed by atoms with Gasteiger partial charge in [0.15, 0.2) is 0 Å². The van der Waals surface area contributed by atoms with E-state index >= 15 is 0 Å². The summed E-state index contributed by atoms with van der Waals surface area (Å²) in [6.45, 7) is 0. The second kappa shape index (κ2) is 3.77. The number of rotatable bonds is 2. The molecule has 3 rings (SSSR count). The Balaban J connectivity index is 2.05. The molecule has 0 fully saturated rings. The molecule has 0 saturated carbocycles. The topological polar surface area (TPSA) is 41.8 Å². The van der Waals surface area contributed by atoms with Crippen molar-refractivity contribution in [1.29, 1.82) is 0 Å². The highest BCUT2D eigenvalue weighted by molar-refractivity contribution is 7.10. The zero-order valence-corrected chi connectivity index (χ0v) is 9.50. The van der Waals surface area contributed by atoms with Gasteiger partial charge >= 0.3 is 0 Å². The number of H-pyrrole nitrogens is 1. The van der Waals surface area contributed by atoms with Crippen LogP contribution in [-0.4, -0.2) is 4.98 Å². The summed E-state index contributed by atoms with van der Waals surface area (Å²) in [6.07, 6.45) is 1.95. The summed E-state index contributed by atoms with van der Waals surface area (Å²) in [7, 11) is 0. The van der Waals surface area contributed by atoms with E-state index in [0.29, 0.717) is 0 Å². The predicted molar refractivity (Wildman–Crippen MR) is 68.6 cm³/mol. The van der Waals surface area contributed by atoms with Gasteiger partial charge in [0.05, 0.1) is 6.04 Å². The zero-order chi connectivity index (χ0) is 11.0. The molecule has 80 valence electrons. The van der Waals surface area contributed by atoms with Crippen LogP contribution in [0.5, 0.6) is 0 Å². The minimum Gasteiger partial charge on any atom is -0.361 e. The van der Waals surface area contributed by atoms with Gasteiger partial charge in [-0.15, -0.1) is 11.3 Å². The lowest BCUT2D eigenvalue weighted by molar-refractivity contribution is 0.896. The van der Waals surface area contributed by atoms with E-state index in [-0.39, 0.29) is 6.04 Å². The third-order valence-corrected chi connectivity index (χ3v) is 3.74. The van der Waals surface area contributed by atoms with Gasteiger partial charge in [-0.1, -0.05) is 12.1 Å². The predicted octanol–water partition coefficient (Wildman–Crippen LogP) is 3.28. The highest BCUT2D eigenvalue weighted by Crippen LogP contribution is 2.25. The maximum Gasteiger partial charge on any atom is 0.0646 e. The normalized spacial score (nSPS) is 13.1. The van der Waals surface area contributed by atoms with Crippen LogP contribution in [0, 0.1) is 0 Å². The van der Waals surface area contributed by atoms with E-state index in [1.165, 1.54) is 10.3 Å². The summed E-state index contributed by atoms with van der Waals surface area (Å²) < 4.78 is 0. The molecule has 0 aliphatic rings. The largest absolute Gasteiger partial charge is 0.361 e. The van der Waals surface area contributed by atoms with Gasteiger partial charge in [-0.3, -0.25) is 0 Å². The fourth-order valence-electron chi connectivity index (χ4n) is 1.90. The maximum absolute atomic E-state index is 6.22. The standard InChI is InChI=1S/C13H12N2S/c14-13(12-2-1-7-16-12)10-3-4-11-9(8-10)5-6-15-11/h1-8,13,15H,14H2/t13-/m0/s1. The van der Waals surface area contributed by atoms with Crippen molar-refractivity contribution in [3.05, 3.63) is 58.4 Å². The van der Waals surface area contributed by atoms with Crippen LogP contribution >= 0.6 is 11.3 Å². The molecule has 1 aromatic carbocycles. The summed E-state index contributed by atoms with van der Waals surface area (Å²) in [4.78, 5) is 4.39. The van der Waals surface area contributed by atoms with Crippen molar-refractivity contribution < 1.29 is 0 Å². The van der Waals surface area contributed by atoms with Crippen molar-refractivity contribution in [3.8, 4) is 0 Å². The van der Waals surface area contributed by atoms with E-state index in [2.05, 4.69) is 40.7 Å². The van der Waals surface area contributed by atoms with Crippen molar-refractivity contribution in [2.75, 3.05) is 0 Å². The number of hydrogen-bond acceptors (Lipinski definition) is 2. The Kier molecular flexibility index (Phi) is 2.27. The molecule has 1 atom stereocenters. The number of nitrogens with one attached hydrogen (secondary N) is 1. The van der Waals surface area contributed by atoms with E-state index < -0.39 is 0 Å². The summed E-state index contributed by atoms with van der Waals surface area (Å²) in [5, 5.41) is 3.27. The molecule has 0 aliphatic carbocycles. The number of aromatic nitrogens is 1. The number of aromatic amines is 1. The zero-order valence-electron chi connectivity index (χ0n) is 8.68. The van der Waals surface area contributed by atoms with Crippen molar-refractivity contribution >= 4 is 22.2 Å².